The number of aromatic nitrogens is 3. The fraction of sp³-hybridized carbons (Fsp3) is 0.333. The number of nitrogen functional groups attached to an aromatic ring is 1. The fourth-order valence-electron chi connectivity index (χ4n) is 4.11. The van der Waals surface area contributed by atoms with Crippen LogP contribution in [0, 0.1) is 0 Å². The van der Waals surface area contributed by atoms with E-state index in [0.717, 1.165) is 44.2 Å². The van der Waals surface area contributed by atoms with E-state index >= 15 is 0 Å². The zero-order valence-corrected chi connectivity index (χ0v) is 18.7. The molecule has 1 saturated heterocycles. The van der Waals surface area contributed by atoms with E-state index in [1.54, 1.807) is 30.5 Å². The van der Waals surface area contributed by atoms with E-state index in [2.05, 4.69) is 15.6 Å². The normalized spacial score (nSPS) is 16.2. The minimum absolute atomic E-state index is 0.0409. The van der Waals surface area contributed by atoms with Crippen molar-refractivity contribution in [2.45, 2.75) is 45.1 Å². The predicted octanol–water partition coefficient (Wildman–Crippen LogP) is 2.78. The van der Waals surface area contributed by atoms with Gasteiger partial charge in [0.05, 0.1) is 6.04 Å². The van der Waals surface area contributed by atoms with Crippen molar-refractivity contribution in [3.05, 3.63) is 65.2 Å². The summed E-state index contributed by atoms with van der Waals surface area (Å²) >= 11 is 0. The Kier molecular flexibility index (Phi) is 6.69. The van der Waals surface area contributed by atoms with Crippen molar-refractivity contribution < 1.29 is 9.59 Å². The largest absolute Gasteiger partial charge is 0.364 e. The number of nitrogens with zero attached hydrogens (tertiary/aromatic N) is 3. The fourth-order valence-corrected chi connectivity index (χ4v) is 4.11. The average molecular weight is 448 g/mol. The average Bonchev–Trinajstić information content (AvgIpc) is 2.98. The first-order chi connectivity index (χ1) is 16.0. The van der Waals surface area contributed by atoms with Crippen molar-refractivity contribution in [3.63, 3.8) is 0 Å². The molecule has 0 radical (unpaired) electrons. The molecule has 0 spiro atoms. The number of aryl methyl sites for hydroxylation is 1. The standard InChI is InChI=1S/C24H29N7O2/c1-2-15-11-13-28-19(14-15)29-24(33)17-9-7-16(8-10-17)20-21(22(25)32)31(26)23(30-20)18-6-4-3-5-12-27-18/h7-11,13-14,18,27H,2-6,12,26H2,1H3,(H2,25,32)(H,28,29,33). The second kappa shape index (κ2) is 9.83. The van der Waals surface area contributed by atoms with Gasteiger partial charge >= 0.3 is 0 Å². The maximum absolute atomic E-state index is 12.7. The van der Waals surface area contributed by atoms with Crippen LogP contribution in [0.5, 0.6) is 0 Å². The Balaban J connectivity index is 1.59. The molecule has 0 saturated carbocycles. The van der Waals surface area contributed by atoms with Gasteiger partial charge in [-0.05, 0) is 55.6 Å². The lowest BCUT2D eigenvalue weighted by Crippen LogP contribution is -2.29. The third-order valence-corrected chi connectivity index (χ3v) is 5.94. The lowest BCUT2D eigenvalue weighted by molar-refractivity contribution is 0.0991. The second-order valence-electron chi connectivity index (χ2n) is 8.19. The number of hydrogen-bond acceptors (Lipinski definition) is 6. The lowest BCUT2D eigenvalue weighted by Gasteiger charge is -2.15. The van der Waals surface area contributed by atoms with Crippen LogP contribution < -0.4 is 22.2 Å². The molecule has 6 N–H and O–H groups in total. The highest BCUT2D eigenvalue weighted by atomic mass is 16.2. The Morgan fingerprint density at radius 2 is 1.97 bits per heavy atom. The number of benzene rings is 1. The molecule has 0 bridgehead atoms. The quantitative estimate of drug-likeness (QED) is 0.428. The number of primary amides is 1. The van der Waals surface area contributed by atoms with Crippen molar-refractivity contribution in [2.75, 3.05) is 17.7 Å². The summed E-state index contributed by atoms with van der Waals surface area (Å²) in [6.07, 6.45) is 6.72. The van der Waals surface area contributed by atoms with Gasteiger partial charge in [0.1, 0.15) is 17.3 Å². The molecule has 1 aliphatic heterocycles. The van der Waals surface area contributed by atoms with E-state index < -0.39 is 5.91 Å². The number of nitrogens with two attached hydrogens (primary N) is 2. The van der Waals surface area contributed by atoms with E-state index in [0.29, 0.717) is 28.5 Å². The van der Waals surface area contributed by atoms with Gasteiger partial charge in [0, 0.05) is 17.3 Å². The number of carbonyl (C=O) groups is 2. The van der Waals surface area contributed by atoms with Crippen LogP contribution in [0.1, 0.15) is 70.9 Å². The van der Waals surface area contributed by atoms with Crippen LogP contribution in [0.15, 0.2) is 42.6 Å². The van der Waals surface area contributed by atoms with Crippen molar-refractivity contribution in [2.24, 2.45) is 5.73 Å². The van der Waals surface area contributed by atoms with Gasteiger partial charge in [0.25, 0.3) is 11.8 Å². The van der Waals surface area contributed by atoms with Gasteiger partial charge in [-0.1, -0.05) is 31.9 Å². The van der Waals surface area contributed by atoms with Gasteiger partial charge < -0.3 is 22.2 Å². The van der Waals surface area contributed by atoms with Gasteiger partial charge in [-0.15, -0.1) is 0 Å². The summed E-state index contributed by atoms with van der Waals surface area (Å²) in [5, 5.41) is 6.26. The zero-order valence-electron chi connectivity index (χ0n) is 18.7. The molecule has 1 aliphatic rings. The molecule has 4 rings (SSSR count). The number of imidazole rings is 1. The first-order valence-corrected chi connectivity index (χ1v) is 11.3. The molecule has 1 atom stereocenters. The first kappa shape index (κ1) is 22.5. The van der Waals surface area contributed by atoms with Crippen LogP contribution >= 0.6 is 0 Å². The number of pyridine rings is 1. The molecule has 33 heavy (non-hydrogen) atoms. The van der Waals surface area contributed by atoms with Crippen molar-refractivity contribution in [1.82, 2.24) is 20.0 Å². The minimum Gasteiger partial charge on any atom is -0.364 e. The van der Waals surface area contributed by atoms with Crippen LogP contribution in [-0.4, -0.2) is 33.0 Å². The van der Waals surface area contributed by atoms with Crippen molar-refractivity contribution in [1.29, 1.82) is 0 Å². The number of nitrogens with one attached hydrogen (secondary N) is 2. The molecule has 3 aromatic rings. The van der Waals surface area contributed by atoms with E-state index in [4.69, 9.17) is 16.6 Å². The molecule has 9 heteroatoms. The van der Waals surface area contributed by atoms with Crippen LogP contribution in [0.3, 0.4) is 0 Å². The van der Waals surface area contributed by atoms with Crippen LogP contribution in [-0.2, 0) is 6.42 Å². The summed E-state index contributed by atoms with van der Waals surface area (Å²) in [7, 11) is 0. The Bertz CT molecular complexity index is 1150. The SMILES string of the molecule is CCc1ccnc(NC(=O)c2ccc(-c3nc(C4CCCCCN4)n(N)c3C(N)=O)cc2)c1. The van der Waals surface area contributed by atoms with E-state index in [1.807, 2.05) is 19.1 Å². The Hall–Kier alpha value is -3.72. The molecule has 2 aromatic heterocycles. The molecule has 9 nitrogen and oxygen atoms in total. The lowest BCUT2D eigenvalue weighted by atomic mass is 10.1. The molecule has 172 valence electrons. The molecule has 3 heterocycles. The van der Waals surface area contributed by atoms with Gasteiger partial charge in [-0.3, -0.25) is 9.59 Å². The molecule has 0 aliphatic carbocycles. The monoisotopic (exact) mass is 447 g/mol. The summed E-state index contributed by atoms with van der Waals surface area (Å²) in [6.45, 7) is 2.92. The van der Waals surface area contributed by atoms with Gasteiger partial charge in [-0.2, -0.15) is 0 Å². The third-order valence-electron chi connectivity index (χ3n) is 5.94. The van der Waals surface area contributed by atoms with Crippen molar-refractivity contribution >= 4 is 17.6 Å². The van der Waals surface area contributed by atoms with Crippen LogP contribution in [0.4, 0.5) is 5.82 Å². The summed E-state index contributed by atoms with van der Waals surface area (Å²) in [6, 6.07) is 10.6. The highest BCUT2D eigenvalue weighted by Gasteiger charge is 2.26. The van der Waals surface area contributed by atoms with Crippen molar-refractivity contribution in [3.8, 4) is 11.3 Å². The minimum atomic E-state index is -0.649. The summed E-state index contributed by atoms with van der Waals surface area (Å²) in [4.78, 5) is 33.7. The maximum Gasteiger partial charge on any atom is 0.269 e. The Morgan fingerprint density at radius 3 is 2.70 bits per heavy atom. The molecular formula is C24H29N7O2. The zero-order chi connectivity index (χ0) is 23.4. The van der Waals surface area contributed by atoms with E-state index in [-0.39, 0.29) is 17.6 Å². The molecule has 1 unspecified atom stereocenters. The van der Waals surface area contributed by atoms with Crippen LogP contribution in [0.2, 0.25) is 0 Å². The topological polar surface area (TPSA) is 141 Å². The summed E-state index contributed by atoms with van der Waals surface area (Å²) < 4.78 is 1.30. The Morgan fingerprint density at radius 1 is 1.18 bits per heavy atom. The van der Waals surface area contributed by atoms with E-state index in [1.165, 1.54) is 4.68 Å². The highest BCUT2D eigenvalue weighted by molar-refractivity contribution is 6.04. The molecule has 1 aromatic carbocycles. The Labute approximate surface area is 192 Å². The maximum atomic E-state index is 12.7. The molecule has 1 fully saturated rings. The smallest absolute Gasteiger partial charge is 0.269 e. The van der Waals surface area contributed by atoms with Gasteiger partial charge in [0.2, 0.25) is 0 Å². The highest BCUT2D eigenvalue weighted by Crippen LogP contribution is 2.28. The van der Waals surface area contributed by atoms with Gasteiger partial charge in [0.15, 0.2) is 5.69 Å². The number of carbonyl (C=O) groups excluding carboxylic acids is 2. The number of rotatable bonds is 6. The van der Waals surface area contributed by atoms with Gasteiger partial charge in [-0.25, -0.2) is 14.6 Å². The first-order valence-electron chi connectivity index (χ1n) is 11.3. The molecule has 2 amide bonds. The summed E-state index contributed by atoms with van der Waals surface area (Å²) in [5.74, 6) is 6.42. The second-order valence-corrected chi connectivity index (χ2v) is 8.19. The van der Waals surface area contributed by atoms with E-state index in [9.17, 15) is 9.59 Å². The number of anilines is 1. The number of hydrogen-bond donors (Lipinski definition) is 4. The predicted molar refractivity (Wildman–Crippen MR) is 127 cm³/mol. The third kappa shape index (κ3) is 4.88. The number of amides is 2. The summed E-state index contributed by atoms with van der Waals surface area (Å²) in [5.41, 5.74) is 8.41. The van der Waals surface area contributed by atoms with Crippen LogP contribution in [0.25, 0.3) is 11.3 Å². The molecular weight excluding hydrogens is 418 g/mol.